The van der Waals surface area contributed by atoms with E-state index in [1.54, 1.807) is 7.11 Å². The van der Waals surface area contributed by atoms with Crippen LogP contribution in [0.1, 0.15) is 76.0 Å². The number of allylic oxidation sites excluding steroid dienone is 4. The van der Waals surface area contributed by atoms with Gasteiger partial charge < -0.3 is 14.4 Å². The number of nitrogens with zero attached hydrogens (tertiary/aromatic N) is 1. The van der Waals surface area contributed by atoms with Crippen LogP contribution in [0.4, 0.5) is 0 Å². The third-order valence-corrected chi connectivity index (χ3v) is 10.8. The maximum atomic E-state index is 14.3. The normalized spacial score (nSPS) is 19.0. The van der Waals surface area contributed by atoms with Crippen molar-refractivity contribution in [3.63, 3.8) is 0 Å². The van der Waals surface area contributed by atoms with E-state index in [2.05, 4.69) is 116 Å². The van der Waals surface area contributed by atoms with Crippen molar-refractivity contribution >= 4 is 44.9 Å². The lowest BCUT2D eigenvalue weighted by Crippen LogP contribution is -2.44. The second-order valence-corrected chi connectivity index (χ2v) is 16.2. The van der Waals surface area contributed by atoms with Crippen molar-refractivity contribution in [2.75, 3.05) is 7.11 Å². The van der Waals surface area contributed by atoms with Gasteiger partial charge in [-0.15, -0.1) is 0 Å². The van der Waals surface area contributed by atoms with Gasteiger partial charge in [0.15, 0.2) is 23.1 Å². The standard InChI is InChI=1S/C42H42INO4/c1-41(2)20-32-38(34(45)22-41)37(39-33(21-42(3,4)23-35(39)46)44(32)24-26-12-7-6-8-13-26)29-18-31(43)40(36(19-29)47-5)48-25-28-16-11-15-27-14-9-10-17-30(27)28/h6-19,37H,20-25H2,1-5H3. The SMILES string of the molecule is COc1cc(C2C3=C(CC(C)(C)CC3=O)N(Cc3ccccc3)C3=C2C(=O)CC(C)(C)C3)cc(I)c1OCc1cccc2ccccc12. The first-order valence-corrected chi connectivity index (χ1v) is 17.8. The van der Waals surface area contributed by atoms with Crippen LogP contribution in [-0.4, -0.2) is 23.6 Å². The number of hydrogen-bond donors (Lipinski definition) is 0. The predicted molar refractivity (Wildman–Crippen MR) is 199 cm³/mol. The molecule has 246 valence electrons. The quantitative estimate of drug-likeness (QED) is 0.176. The number of benzene rings is 4. The summed E-state index contributed by atoms with van der Waals surface area (Å²) in [6, 6.07) is 29.0. The third kappa shape index (κ3) is 6.08. The molecule has 1 aliphatic heterocycles. The maximum absolute atomic E-state index is 14.3. The van der Waals surface area contributed by atoms with Gasteiger partial charge in [-0.1, -0.05) is 100 Å². The van der Waals surface area contributed by atoms with E-state index in [-0.39, 0.29) is 22.4 Å². The summed E-state index contributed by atoms with van der Waals surface area (Å²) < 4.78 is 13.4. The van der Waals surface area contributed by atoms with Crippen LogP contribution >= 0.6 is 22.6 Å². The molecule has 0 radical (unpaired) electrons. The Labute approximate surface area is 297 Å². The summed E-state index contributed by atoms with van der Waals surface area (Å²) >= 11 is 2.31. The minimum absolute atomic E-state index is 0.124. The number of carbonyl (C=O) groups is 2. The van der Waals surface area contributed by atoms with E-state index >= 15 is 0 Å². The lowest BCUT2D eigenvalue weighted by Gasteiger charge is -2.49. The van der Waals surface area contributed by atoms with E-state index in [1.807, 2.05) is 24.3 Å². The van der Waals surface area contributed by atoms with Gasteiger partial charge in [-0.3, -0.25) is 9.59 Å². The number of carbonyl (C=O) groups excluding carboxylic acids is 2. The van der Waals surface area contributed by atoms with Gasteiger partial charge >= 0.3 is 0 Å². The Balaban J connectivity index is 1.35. The largest absolute Gasteiger partial charge is 0.493 e. The lowest BCUT2D eigenvalue weighted by molar-refractivity contribution is -0.119. The van der Waals surface area contributed by atoms with Crippen LogP contribution in [-0.2, 0) is 22.7 Å². The number of hydrogen-bond acceptors (Lipinski definition) is 5. The fourth-order valence-corrected chi connectivity index (χ4v) is 8.73. The summed E-state index contributed by atoms with van der Waals surface area (Å²) in [4.78, 5) is 31.0. The number of methoxy groups -OCH3 is 1. The van der Waals surface area contributed by atoms with Crippen LogP contribution in [0.5, 0.6) is 11.5 Å². The first-order valence-electron chi connectivity index (χ1n) is 16.8. The molecule has 1 heterocycles. The molecule has 0 N–H and O–H groups in total. The Kier molecular flexibility index (Phi) is 8.51. The molecule has 2 aliphatic carbocycles. The second-order valence-electron chi connectivity index (χ2n) is 15.1. The van der Waals surface area contributed by atoms with Gasteiger partial charge in [0.25, 0.3) is 0 Å². The zero-order chi connectivity index (χ0) is 33.8. The highest BCUT2D eigenvalue weighted by Crippen LogP contribution is 2.55. The molecule has 0 saturated carbocycles. The van der Waals surface area contributed by atoms with Crippen molar-refractivity contribution in [1.29, 1.82) is 0 Å². The molecule has 0 atom stereocenters. The summed E-state index contributed by atoms with van der Waals surface area (Å²) in [5.41, 5.74) is 6.41. The molecule has 4 aromatic rings. The Morgan fingerprint density at radius 2 is 1.38 bits per heavy atom. The molecule has 48 heavy (non-hydrogen) atoms. The minimum Gasteiger partial charge on any atom is -0.493 e. The minimum atomic E-state index is -0.455. The number of ketones is 2. The Morgan fingerprint density at radius 3 is 2.02 bits per heavy atom. The fourth-order valence-electron chi connectivity index (χ4n) is 7.95. The van der Waals surface area contributed by atoms with E-state index in [4.69, 9.17) is 9.47 Å². The number of Topliss-reactive ketones (excluding diaryl/α,β-unsaturated/α-hetero) is 2. The monoisotopic (exact) mass is 751 g/mol. The van der Waals surface area contributed by atoms with E-state index in [0.29, 0.717) is 37.5 Å². The molecule has 0 spiro atoms. The zero-order valence-corrected chi connectivity index (χ0v) is 30.5. The Morgan fingerprint density at radius 1 is 0.771 bits per heavy atom. The molecule has 0 bridgehead atoms. The molecular weight excluding hydrogens is 709 g/mol. The first kappa shape index (κ1) is 32.6. The van der Waals surface area contributed by atoms with Crippen molar-refractivity contribution in [2.45, 2.75) is 72.4 Å². The zero-order valence-electron chi connectivity index (χ0n) is 28.4. The molecule has 0 unspecified atom stereocenters. The smallest absolute Gasteiger partial charge is 0.174 e. The Hall–Kier alpha value is -3.91. The van der Waals surface area contributed by atoms with E-state index in [9.17, 15) is 9.59 Å². The highest BCUT2D eigenvalue weighted by atomic mass is 127. The predicted octanol–water partition coefficient (Wildman–Crippen LogP) is 9.92. The van der Waals surface area contributed by atoms with Crippen LogP contribution in [0.25, 0.3) is 10.8 Å². The summed E-state index contributed by atoms with van der Waals surface area (Å²) in [7, 11) is 1.65. The van der Waals surface area contributed by atoms with Crippen molar-refractivity contribution < 1.29 is 19.1 Å². The number of halogens is 1. The summed E-state index contributed by atoms with van der Waals surface area (Å²) in [5.74, 6) is 1.05. The molecule has 0 amide bonds. The molecule has 6 heteroatoms. The topological polar surface area (TPSA) is 55.8 Å². The van der Waals surface area contributed by atoms with Gasteiger partial charge in [-0.2, -0.15) is 0 Å². The highest BCUT2D eigenvalue weighted by Gasteiger charge is 2.49. The molecule has 3 aliphatic rings. The molecule has 0 fully saturated rings. The Bertz CT molecular complexity index is 1950. The van der Waals surface area contributed by atoms with Gasteiger partial charge in [-0.25, -0.2) is 0 Å². The molecule has 0 saturated heterocycles. The third-order valence-electron chi connectivity index (χ3n) is 10.0. The average Bonchev–Trinajstić information content (AvgIpc) is 3.04. The van der Waals surface area contributed by atoms with Gasteiger partial charge in [0.1, 0.15) is 6.61 Å². The fraction of sp³-hybridized carbons (Fsp3) is 0.333. The van der Waals surface area contributed by atoms with Crippen molar-refractivity contribution in [1.82, 2.24) is 4.90 Å². The van der Waals surface area contributed by atoms with Gasteiger partial charge in [0, 0.05) is 47.8 Å². The van der Waals surface area contributed by atoms with E-state index in [1.165, 1.54) is 5.39 Å². The molecule has 0 aromatic heterocycles. The summed E-state index contributed by atoms with van der Waals surface area (Å²) in [6.07, 6.45) is 2.43. The van der Waals surface area contributed by atoms with Crippen LogP contribution < -0.4 is 9.47 Å². The van der Waals surface area contributed by atoms with Crippen molar-refractivity contribution in [3.05, 3.63) is 128 Å². The van der Waals surface area contributed by atoms with E-state index < -0.39 is 5.92 Å². The van der Waals surface area contributed by atoms with Crippen LogP contribution in [0.15, 0.2) is 107 Å². The van der Waals surface area contributed by atoms with Gasteiger partial charge in [-0.05, 0) is 85.9 Å². The van der Waals surface area contributed by atoms with E-state index in [0.717, 1.165) is 61.0 Å². The summed E-state index contributed by atoms with van der Waals surface area (Å²) in [6.45, 7) is 9.73. The molecular formula is C42H42INO4. The van der Waals surface area contributed by atoms with Crippen molar-refractivity contribution in [2.24, 2.45) is 10.8 Å². The van der Waals surface area contributed by atoms with Crippen LogP contribution in [0.2, 0.25) is 0 Å². The number of ether oxygens (including phenoxy) is 2. The maximum Gasteiger partial charge on any atom is 0.174 e. The summed E-state index contributed by atoms with van der Waals surface area (Å²) in [5, 5.41) is 2.33. The molecule has 4 aromatic carbocycles. The molecule has 7 rings (SSSR count). The number of rotatable bonds is 7. The first-order chi connectivity index (χ1) is 22.9. The van der Waals surface area contributed by atoms with Crippen LogP contribution in [0.3, 0.4) is 0 Å². The molecule has 5 nitrogen and oxygen atoms in total. The second kappa shape index (κ2) is 12.5. The van der Waals surface area contributed by atoms with Crippen LogP contribution in [0, 0.1) is 14.4 Å². The lowest BCUT2D eigenvalue weighted by atomic mass is 9.63. The van der Waals surface area contributed by atoms with Crippen molar-refractivity contribution in [3.8, 4) is 11.5 Å². The highest BCUT2D eigenvalue weighted by molar-refractivity contribution is 14.1. The van der Waals surface area contributed by atoms with Gasteiger partial charge in [0.05, 0.1) is 10.7 Å². The van der Waals surface area contributed by atoms with Gasteiger partial charge in [0.2, 0.25) is 0 Å². The average molecular weight is 752 g/mol. The number of fused-ring (bicyclic) bond motifs is 1.